The first-order chi connectivity index (χ1) is 19.2. The Labute approximate surface area is 231 Å². The van der Waals surface area contributed by atoms with Crippen LogP contribution in [0.5, 0.6) is 5.75 Å². The second-order valence-electron chi connectivity index (χ2n) is 8.90. The number of anilines is 1. The topological polar surface area (TPSA) is 75.7 Å². The molecule has 0 spiro atoms. The van der Waals surface area contributed by atoms with E-state index >= 15 is 0 Å². The zero-order valence-corrected chi connectivity index (χ0v) is 21.6. The molecular formula is C30H21F3N2O4S. The van der Waals surface area contributed by atoms with Crippen LogP contribution in [0.3, 0.4) is 0 Å². The van der Waals surface area contributed by atoms with Crippen molar-refractivity contribution >= 4 is 51.4 Å². The fourth-order valence-electron chi connectivity index (χ4n) is 4.12. The largest absolute Gasteiger partial charge is 0.488 e. The molecule has 1 heterocycles. The number of carbonyl (C=O) groups excluding carboxylic acids is 3. The van der Waals surface area contributed by atoms with Gasteiger partial charge in [-0.1, -0.05) is 60.7 Å². The summed E-state index contributed by atoms with van der Waals surface area (Å²) < 4.78 is 44.9. The summed E-state index contributed by atoms with van der Waals surface area (Å²) in [7, 11) is 0. The summed E-state index contributed by atoms with van der Waals surface area (Å²) in [5.41, 5.74) is 0.503. The molecular weight excluding hydrogens is 541 g/mol. The van der Waals surface area contributed by atoms with Crippen LogP contribution in [0.1, 0.15) is 16.7 Å². The molecule has 3 amide bonds. The van der Waals surface area contributed by atoms with Gasteiger partial charge in [-0.3, -0.25) is 19.3 Å². The molecule has 4 aromatic rings. The number of para-hydroxylation sites is 1. The number of carbonyl (C=O) groups is 3. The van der Waals surface area contributed by atoms with Gasteiger partial charge >= 0.3 is 6.18 Å². The number of rotatable bonds is 7. The van der Waals surface area contributed by atoms with Crippen molar-refractivity contribution in [2.24, 2.45) is 0 Å². The van der Waals surface area contributed by atoms with E-state index < -0.39 is 35.3 Å². The third-order valence-electron chi connectivity index (χ3n) is 6.06. The van der Waals surface area contributed by atoms with Gasteiger partial charge in [-0.25, -0.2) is 0 Å². The number of nitrogens with one attached hydrogen (secondary N) is 1. The summed E-state index contributed by atoms with van der Waals surface area (Å²) in [6, 6.07) is 25.1. The Kier molecular flexibility index (Phi) is 7.61. The quantitative estimate of drug-likeness (QED) is 0.243. The molecule has 0 saturated carbocycles. The minimum atomic E-state index is -4.58. The minimum Gasteiger partial charge on any atom is -0.488 e. The lowest BCUT2D eigenvalue weighted by Gasteiger charge is -2.13. The third kappa shape index (κ3) is 6.18. The normalized spacial score (nSPS) is 14.7. The average molecular weight is 563 g/mol. The zero-order chi connectivity index (χ0) is 28.3. The van der Waals surface area contributed by atoms with E-state index in [1.54, 1.807) is 24.3 Å². The summed E-state index contributed by atoms with van der Waals surface area (Å²) >= 11 is 0.670. The number of thioether (sulfide) groups is 1. The smallest absolute Gasteiger partial charge is 0.416 e. The van der Waals surface area contributed by atoms with Gasteiger partial charge < -0.3 is 10.1 Å². The lowest BCUT2D eigenvalue weighted by atomic mass is 10.1. The van der Waals surface area contributed by atoms with Crippen LogP contribution in [0.25, 0.3) is 16.8 Å². The highest BCUT2D eigenvalue weighted by molar-refractivity contribution is 8.18. The van der Waals surface area contributed by atoms with E-state index in [0.717, 1.165) is 39.4 Å². The molecule has 4 aromatic carbocycles. The van der Waals surface area contributed by atoms with E-state index in [1.165, 1.54) is 12.1 Å². The maximum Gasteiger partial charge on any atom is 0.416 e. The molecule has 0 aliphatic carbocycles. The third-order valence-corrected chi connectivity index (χ3v) is 6.97. The van der Waals surface area contributed by atoms with Gasteiger partial charge in [-0.05, 0) is 64.5 Å². The Balaban J connectivity index is 1.26. The van der Waals surface area contributed by atoms with Crippen LogP contribution < -0.4 is 10.1 Å². The second-order valence-corrected chi connectivity index (χ2v) is 9.90. The van der Waals surface area contributed by atoms with E-state index in [0.29, 0.717) is 23.1 Å². The Bertz CT molecular complexity index is 1650. The molecule has 0 aromatic heterocycles. The molecule has 5 rings (SSSR count). The van der Waals surface area contributed by atoms with E-state index in [2.05, 4.69) is 5.32 Å². The predicted molar refractivity (Wildman–Crippen MR) is 147 cm³/mol. The molecule has 1 fully saturated rings. The lowest BCUT2D eigenvalue weighted by molar-refractivity contribution is -0.137. The number of alkyl halides is 3. The van der Waals surface area contributed by atoms with Crippen molar-refractivity contribution in [2.45, 2.75) is 12.8 Å². The van der Waals surface area contributed by atoms with E-state index in [-0.39, 0.29) is 17.2 Å². The van der Waals surface area contributed by atoms with Crippen LogP contribution in [-0.2, 0) is 22.4 Å². The van der Waals surface area contributed by atoms with Crippen LogP contribution in [0, 0.1) is 0 Å². The summed E-state index contributed by atoms with van der Waals surface area (Å²) in [6.45, 7) is -0.356. The van der Waals surface area contributed by atoms with Crippen molar-refractivity contribution in [3.8, 4) is 5.75 Å². The highest BCUT2D eigenvalue weighted by atomic mass is 32.2. The van der Waals surface area contributed by atoms with Crippen LogP contribution in [-0.4, -0.2) is 28.5 Å². The number of hydrogen-bond acceptors (Lipinski definition) is 5. The molecule has 1 saturated heterocycles. The van der Waals surface area contributed by atoms with Crippen molar-refractivity contribution in [1.82, 2.24) is 4.90 Å². The molecule has 0 atom stereocenters. The standard InChI is InChI=1S/C30H21F3N2O4S/c31-30(32,33)23-9-5-10-24(16-23)34-27(36)17-35-28(37)26(40-29(35)38)15-22-8-3-4-11-25(22)39-18-19-12-13-20-6-1-2-7-21(20)14-19/h1-16H,17-18H2,(H,34,36)/b26-15-. The Morgan fingerprint density at radius 2 is 1.65 bits per heavy atom. The molecule has 6 nitrogen and oxygen atoms in total. The van der Waals surface area contributed by atoms with Gasteiger partial charge in [0.05, 0.1) is 10.5 Å². The second kappa shape index (κ2) is 11.3. The average Bonchev–Trinajstić information content (AvgIpc) is 3.19. The Hall–Kier alpha value is -4.57. The van der Waals surface area contributed by atoms with Crippen LogP contribution >= 0.6 is 11.8 Å². The summed E-state index contributed by atoms with van der Waals surface area (Å²) in [6.07, 6.45) is -3.06. The van der Waals surface area contributed by atoms with Gasteiger partial charge in [0.15, 0.2) is 0 Å². The summed E-state index contributed by atoms with van der Waals surface area (Å²) in [5, 5.41) is 3.85. The first-order valence-electron chi connectivity index (χ1n) is 12.1. The van der Waals surface area contributed by atoms with E-state index in [1.807, 2.05) is 42.5 Å². The van der Waals surface area contributed by atoms with Gasteiger partial charge in [-0.2, -0.15) is 13.2 Å². The monoisotopic (exact) mass is 562 g/mol. The highest BCUT2D eigenvalue weighted by Gasteiger charge is 2.36. The number of hydrogen-bond donors (Lipinski definition) is 1. The molecule has 1 N–H and O–H groups in total. The maximum absolute atomic E-state index is 13.0. The number of fused-ring (bicyclic) bond motifs is 1. The highest BCUT2D eigenvalue weighted by Crippen LogP contribution is 2.34. The molecule has 0 bridgehead atoms. The Morgan fingerprint density at radius 1 is 0.900 bits per heavy atom. The van der Waals surface area contributed by atoms with Gasteiger partial charge in [-0.15, -0.1) is 0 Å². The van der Waals surface area contributed by atoms with Gasteiger partial charge in [0.2, 0.25) is 5.91 Å². The van der Waals surface area contributed by atoms with Gasteiger partial charge in [0, 0.05) is 11.3 Å². The predicted octanol–water partition coefficient (Wildman–Crippen LogP) is 7.11. The number of ether oxygens (including phenoxy) is 1. The first kappa shape index (κ1) is 27.0. The summed E-state index contributed by atoms with van der Waals surface area (Å²) in [5.74, 6) is -0.981. The zero-order valence-electron chi connectivity index (χ0n) is 20.8. The Morgan fingerprint density at radius 3 is 2.45 bits per heavy atom. The molecule has 0 unspecified atom stereocenters. The molecule has 40 heavy (non-hydrogen) atoms. The van der Waals surface area contributed by atoms with Gasteiger partial charge in [0.25, 0.3) is 11.1 Å². The molecule has 1 aliphatic rings. The lowest BCUT2D eigenvalue weighted by Crippen LogP contribution is -2.36. The van der Waals surface area contributed by atoms with E-state index in [4.69, 9.17) is 4.74 Å². The van der Waals surface area contributed by atoms with Crippen LogP contribution in [0.15, 0.2) is 95.9 Å². The van der Waals surface area contributed by atoms with Crippen molar-refractivity contribution in [1.29, 1.82) is 0 Å². The van der Waals surface area contributed by atoms with Crippen molar-refractivity contribution < 1.29 is 32.3 Å². The van der Waals surface area contributed by atoms with Crippen molar-refractivity contribution in [3.05, 3.63) is 113 Å². The number of imide groups is 1. The van der Waals surface area contributed by atoms with Crippen molar-refractivity contribution in [3.63, 3.8) is 0 Å². The molecule has 1 aliphatic heterocycles. The SMILES string of the molecule is O=C(CN1C(=O)S/C(=C\c2ccccc2OCc2ccc3ccccc3c2)C1=O)Nc1cccc(C(F)(F)F)c1. The fraction of sp³-hybridized carbons (Fsp3) is 0.100. The van der Waals surface area contributed by atoms with E-state index in [9.17, 15) is 27.6 Å². The fourth-order valence-corrected chi connectivity index (χ4v) is 4.94. The molecule has 10 heteroatoms. The summed E-state index contributed by atoms with van der Waals surface area (Å²) in [4.78, 5) is 38.8. The number of benzene rings is 4. The van der Waals surface area contributed by atoms with Crippen molar-refractivity contribution in [2.75, 3.05) is 11.9 Å². The number of halogens is 3. The van der Waals surface area contributed by atoms with Crippen LogP contribution in [0.4, 0.5) is 23.7 Å². The number of nitrogens with zero attached hydrogens (tertiary/aromatic N) is 1. The first-order valence-corrected chi connectivity index (χ1v) is 12.9. The van der Waals surface area contributed by atoms with Gasteiger partial charge in [0.1, 0.15) is 18.9 Å². The minimum absolute atomic E-state index is 0.0959. The number of amides is 3. The van der Waals surface area contributed by atoms with Crippen LogP contribution in [0.2, 0.25) is 0 Å². The maximum atomic E-state index is 13.0. The molecule has 202 valence electrons. The molecule has 0 radical (unpaired) electrons.